The van der Waals surface area contributed by atoms with E-state index in [0.717, 1.165) is 24.1 Å². The second kappa shape index (κ2) is 9.36. The first-order valence-corrected chi connectivity index (χ1v) is 10.8. The van der Waals surface area contributed by atoms with Crippen molar-refractivity contribution in [3.05, 3.63) is 76.7 Å². The second-order valence-electron chi connectivity index (χ2n) is 8.02. The molecule has 0 fully saturated rings. The molecule has 6 nitrogen and oxygen atoms in total. The number of nitrogens with one attached hydrogen (secondary N) is 1. The van der Waals surface area contributed by atoms with Crippen molar-refractivity contribution in [2.75, 3.05) is 11.9 Å². The predicted molar refractivity (Wildman–Crippen MR) is 123 cm³/mol. The van der Waals surface area contributed by atoms with Crippen molar-refractivity contribution >= 4 is 22.6 Å². The molecule has 2 aromatic carbocycles. The molecule has 0 aliphatic carbocycles. The molecule has 4 rings (SSSR count). The average molecular weight is 486 g/mol. The van der Waals surface area contributed by atoms with Gasteiger partial charge in [0.15, 0.2) is 12.3 Å². The highest BCUT2D eigenvalue weighted by Crippen LogP contribution is 2.38. The van der Waals surface area contributed by atoms with Gasteiger partial charge in [-0.25, -0.2) is 9.07 Å². The molecule has 0 aliphatic rings. The number of hydrogen-bond donors (Lipinski definition) is 1. The number of carbonyl (C=O) groups excluding carboxylic acids is 1. The van der Waals surface area contributed by atoms with Crippen molar-refractivity contribution in [3.8, 4) is 11.6 Å². The average Bonchev–Trinajstić information content (AvgIpc) is 3.15. The van der Waals surface area contributed by atoms with Crippen LogP contribution in [0.1, 0.15) is 29.3 Å². The number of anilines is 1. The molecule has 0 bridgehead atoms. The van der Waals surface area contributed by atoms with Crippen LogP contribution in [0.2, 0.25) is 0 Å². The Hall–Kier alpha value is -3.95. The number of alkyl halides is 3. The van der Waals surface area contributed by atoms with E-state index in [1.807, 2.05) is 19.1 Å². The van der Waals surface area contributed by atoms with E-state index in [0.29, 0.717) is 11.3 Å². The van der Waals surface area contributed by atoms with Crippen LogP contribution in [-0.2, 0) is 17.4 Å². The van der Waals surface area contributed by atoms with Crippen molar-refractivity contribution in [2.45, 2.75) is 33.4 Å². The number of nitrogens with zero attached hydrogens (tertiary/aromatic N) is 3. The van der Waals surface area contributed by atoms with Crippen LogP contribution in [0, 0.1) is 19.7 Å². The Morgan fingerprint density at radius 1 is 1.09 bits per heavy atom. The summed E-state index contributed by atoms with van der Waals surface area (Å²) in [5, 5.41) is 6.57. The fourth-order valence-electron chi connectivity index (χ4n) is 3.62. The van der Waals surface area contributed by atoms with Crippen LogP contribution in [0.5, 0.6) is 5.88 Å². The quantitative estimate of drug-likeness (QED) is 0.351. The molecule has 182 valence electrons. The van der Waals surface area contributed by atoms with Crippen LogP contribution in [-0.4, -0.2) is 27.3 Å². The molecule has 10 heteroatoms. The molecule has 0 saturated carbocycles. The summed E-state index contributed by atoms with van der Waals surface area (Å²) >= 11 is 0. The fraction of sp³-hybridized carbons (Fsp3) is 0.240. The molecule has 4 aromatic rings. The Labute approximate surface area is 198 Å². The van der Waals surface area contributed by atoms with E-state index in [4.69, 9.17) is 4.74 Å². The number of aryl methyl sites for hydroxylation is 3. The monoisotopic (exact) mass is 486 g/mol. The van der Waals surface area contributed by atoms with Crippen molar-refractivity contribution in [1.29, 1.82) is 0 Å². The third-order valence-corrected chi connectivity index (χ3v) is 5.49. The van der Waals surface area contributed by atoms with Crippen molar-refractivity contribution in [2.24, 2.45) is 0 Å². The smallest absolute Gasteiger partial charge is 0.417 e. The molecule has 0 radical (unpaired) electrons. The van der Waals surface area contributed by atoms with E-state index in [1.54, 1.807) is 19.1 Å². The van der Waals surface area contributed by atoms with Crippen LogP contribution in [0.3, 0.4) is 0 Å². The van der Waals surface area contributed by atoms with Gasteiger partial charge in [0.05, 0.1) is 22.3 Å². The standard InChI is InChI=1S/C25H22F4N4O2/c1-4-16-6-9-18(10-7-16)33-24-23(15(3)32-33)19(25(27,28)29)12-22(31-24)35-13-21(34)30-17-8-5-14(2)20(26)11-17/h5-12H,4,13H2,1-3H3,(H,30,34). The number of aromatic nitrogens is 3. The Morgan fingerprint density at radius 2 is 1.80 bits per heavy atom. The van der Waals surface area contributed by atoms with Crippen molar-refractivity contribution in [3.63, 3.8) is 0 Å². The summed E-state index contributed by atoms with van der Waals surface area (Å²) in [6.07, 6.45) is -3.89. The molecule has 0 saturated heterocycles. The Bertz CT molecular complexity index is 1400. The predicted octanol–water partition coefficient (Wildman–Crippen LogP) is 5.78. The van der Waals surface area contributed by atoms with Gasteiger partial charge < -0.3 is 10.1 Å². The molecular weight excluding hydrogens is 464 g/mol. The molecule has 1 N–H and O–H groups in total. The van der Waals surface area contributed by atoms with Gasteiger partial charge in [-0.2, -0.15) is 23.3 Å². The largest absolute Gasteiger partial charge is 0.467 e. The molecule has 0 aliphatic heterocycles. The summed E-state index contributed by atoms with van der Waals surface area (Å²) in [7, 11) is 0. The summed E-state index contributed by atoms with van der Waals surface area (Å²) in [6.45, 7) is 4.43. The van der Waals surface area contributed by atoms with Gasteiger partial charge in [0, 0.05) is 11.8 Å². The van der Waals surface area contributed by atoms with Crippen molar-refractivity contribution < 1.29 is 27.1 Å². The zero-order valence-electron chi connectivity index (χ0n) is 19.2. The first-order chi connectivity index (χ1) is 16.6. The molecule has 2 aromatic heterocycles. The van der Waals surface area contributed by atoms with Crippen LogP contribution in [0.15, 0.2) is 48.5 Å². The lowest BCUT2D eigenvalue weighted by Gasteiger charge is -2.12. The van der Waals surface area contributed by atoms with Crippen LogP contribution < -0.4 is 10.1 Å². The number of benzene rings is 2. The summed E-state index contributed by atoms with van der Waals surface area (Å²) in [6, 6.07) is 12.1. The molecular formula is C25H22F4N4O2. The number of pyridine rings is 1. The number of amides is 1. The highest BCUT2D eigenvalue weighted by molar-refractivity contribution is 5.92. The maximum absolute atomic E-state index is 13.9. The van der Waals surface area contributed by atoms with Gasteiger partial charge in [-0.05, 0) is 55.7 Å². The van der Waals surface area contributed by atoms with Gasteiger partial charge in [-0.1, -0.05) is 25.1 Å². The van der Waals surface area contributed by atoms with Crippen molar-refractivity contribution in [1.82, 2.24) is 14.8 Å². The number of fused-ring (bicyclic) bond motifs is 1. The zero-order chi connectivity index (χ0) is 25.3. The summed E-state index contributed by atoms with van der Waals surface area (Å²) < 4.78 is 62.1. The molecule has 1 amide bonds. The van der Waals surface area contributed by atoms with Gasteiger partial charge in [0.25, 0.3) is 5.91 Å². The number of carbonyl (C=O) groups is 1. The van der Waals surface area contributed by atoms with E-state index >= 15 is 0 Å². The maximum atomic E-state index is 13.9. The van der Waals surface area contributed by atoms with E-state index in [2.05, 4.69) is 15.4 Å². The van der Waals surface area contributed by atoms with E-state index in [1.165, 1.54) is 23.7 Å². The van der Waals surface area contributed by atoms with Crippen LogP contribution >= 0.6 is 0 Å². The Morgan fingerprint density at radius 3 is 2.43 bits per heavy atom. The molecule has 0 atom stereocenters. The van der Waals surface area contributed by atoms with Gasteiger partial charge in [-0.15, -0.1) is 0 Å². The van der Waals surface area contributed by atoms with Gasteiger partial charge in [0.1, 0.15) is 5.82 Å². The summed E-state index contributed by atoms with van der Waals surface area (Å²) in [5.41, 5.74) is 1.36. The fourth-order valence-corrected chi connectivity index (χ4v) is 3.62. The minimum absolute atomic E-state index is 0.0439. The lowest BCUT2D eigenvalue weighted by atomic mass is 10.1. The lowest BCUT2D eigenvalue weighted by Crippen LogP contribution is -2.21. The highest BCUT2D eigenvalue weighted by atomic mass is 19.4. The zero-order valence-corrected chi connectivity index (χ0v) is 19.2. The van der Waals surface area contributed by atoms with Gasteiger partial charge in [0.2, 0.25) is 5.88 Å². The molecule has 2 heterocycles. The summed E-state index contributed by atoms with van der Waals surface area (Å²) in [5.74, 6) is -1.56. The Kier molecular flexibility index (Phi) is 6.47. The van der Waals surface area contributed by atoms with Gasteiger partial charge in [-0.3, -0.25) is 4.79 Å². The number of hydrogen-bond acceptors (Lipinski definition) is 4. The first-order valence-electron chi connectivity index (χ1n) is 10.8. The number of rotatable bonds is 6. The summed E-state index contributed by atoms with van der Waals surface area (Å²) in [4.78, 5) is 16.5. The van der Waals surface area contributed by atoms with Crippen LogP contribution in [0.25, 0.3) is 16.7 Å². The van der Waals surface area contributed by atoms with Gasteiger partial charge >= 0.3 is 6.18 Å². The van der Waals surface area contributed by atoms with E-state index < -0.39 is 30.1 Å². The lowest BCUT2D eigenvalue weighted by molar-refractivity contribution is -0.136. The third-order valence-electron chi connectivity index (χ3n) is 5.49. The first kappa shape index (κ1) is 24.2. The van der Waals surface area contributed by atoms with Crippen LogP contribution in [0.4, 0.5) is 23.2 Å². The van der Waals surface area contributed by atoms with E-state index in [9.17, 15) is 22.4 Å². The SMILES string of the molecule is CCc1ccc(-n2nc(C)c3c(C(F)(F)F)cc(OCC(=O)Nc4ccc(C)c(F)c4)nc32)cc1. The number of halogens is 4. The molecule has 35 heavy (non-hydrogen) atoms. The topological polar surface area (TPSA) is 69.0 Å². The minimum Gasteiger partial charge on any atom is -0.467 e. The second-order valence-corrected chi connectivity index (χ2v) is 8.02. The third kappa shape index (κ3) is 5.11. The highest BCUT2D eigenvalue weighted by Gasteiger charge is 2.36. The maximum Gasteiger partial charge on any atom is 0.417 e. The number of ether oxygens (including phenoxy) is 1. The molecule has 0 spiro atoms. The minimum atomic E-state index is -4.70. The Balaban J connectivity index is 1.67. The molecule has 0 unspecified atom stereocenters. The normalized spacial score (nSPS) is 11.6. The van der Waals surface area contributed by atoms with E-state index in [-0.39, 0.29) is 28.3 Å².